The molecule has 1 aliphatic rings. The number of benzene rings is 1. The van der Waals surface area contributed by atoms with Crippen molar-refractivity contribution in [3.63, 3.8) is 0 Å². The van der Waals surface area contributed by atoms with Crippen LogP contribution in [-0.4, -0.2) is 16.6 Å². The van der Waals surface area contributed by atoms with Gasteiger partial charge in [0.15, 0.2) is 0 Å². The van der Waals surface area contributed by atoms with Crippen LogP contribution < -0.4 is 0 Å². The molecule has 0 unspecified atom stereocenters. The van der Waals surface area contributed by atoms with Crippen LogP contribution in [-0.2, 0) is 6.42 Å². The van der Waals surface area contributed by atoms with Crippen molar-refractivity contribution in [2.75, 3.05) is 6.61 Å². The van der Waals surface area contributed by atoms with Crippen LogP contribution >= 0.6 is 0 Å². The molecule has 1 fully saturated rings. The van der Waals surface area contributed by atoms with Crippen LogP contribution in [0.1, 0.15) is 18.4 Å². The van der Waals surface area contributed by atoms with E-state index < -0.39 is 22.2 Å². The summed E-state index contributed by atoms with van der Waals surface area (Å²) in [4.78, 5) is 9.44. The molecule has 1 aliphatic carbocycles. The van der Waals surface area contributed by atoms with Crippen LogP contribution in [0, 0.1) is 27.2 Å². The first-order valence-corrected chi connectivity index (χ1v) is 5.21. The normalized spacial score (nSPS) is 16.9. The maximum atomic E-state index is 13.5. The average Bonchev–Trinajstić information content (AvgIpc) is 3.03. The van der Waals surface area contributed by atoms with Crippen molar-refractivity contribution in [2.24, 2.45) is 5.41 Å². The minimum atomic E-state index is -1.04. The number of rotatable bonds is 4. The third kappa shape index (κ3) is 2.26. The average molecular weight is 243 g/mol. The molecule has 0 atom stereocenters. The highest BCUT2D eigenvalue weighted by atomic mass is 19.1. The first kappa shape index (κ1) is 11.9. The van der Waals surface area contributed by atoms with E-state index in [4.69, 9.17) is 5.11 Å². The predicted molar refractivity (Wildman–Crippen MR) is 55.5 cm³/mol. The van der Waals surface area contributed by atoms with Gasteiger partial charge in [-0.25, -0.2) is 4.39 Å². The van der Waals surface area contributed by atoms with Gasteiger partial charge in [-0.1, -0.05) is 0 Å². The predicted octanol–water partition coefficient (Wildman–Crippen LogP) is 2.19. The topological polar surface area (TPSA) is 63.4 Å². The number of halogens is 2. The zero-order valence-corrected chi connectivity index (χ0v) is 8.95. The largest absolute Gasteiger partial charge is 0.396 e. The van der Waals surface area contributed by atoms with Crippen LogP contribution in [0.3, 0.4) is 0 Å². The highest BCUT2D eigenvalue weighted by Gasteiger charge is 2.42. The van der Waals surface area contributed by atoms with Crippen LogP contribution in [0.25, 0.3) is 0 Å². The van der Waals surface area contributed by atoms with E-state index in [1.807, 2.05) is 0 Å². The molecule has 0 saturated heterocycles. The Morgan fingerprint density at radius 3 is 2.47 bits per heavy atom. The molecule has 4 nitrogen and oxygen atoms in total. The Hall–Kier alpha value is -1.56. The summed E-state index contributed by atoms with van der Waals surface area (Å²) in [6, 6.07) is 1.45. The fraction of sp³-hybridized carbons (Fsp3) is 0.455. The molecule has 0 radical (unpaired) electrons. The summed E-state index contributed by atoms with van der Waals surface area (Å²) in [5.41, 5.74) is -1.14. The Morgan fingerprint density at radius 2 is 2.00 bits per heavy atom. The molecule has 17 heavy (non-hydrogen) atoms. The van der Waals surface area contributed by atoms with Gasteiger partial charge in [0, 0.05) is 6.61 Å². The summed E-state index contributed by atoms with van der Waals surface area (Å²) in [5, 5.41) is 19.5. The number of nitrogens with zero attached hydrogens (tertiary/aromatic N) is 1. The second-order valence-electron chi connectivity index (χ2n) is 4.49. The molecule has 1 N–H and O–H groups in total. The van der Waals surface area contributed by atoms with Crippen LogP contribution in [0.2, 0.25) is 0 Å². The molecular formula is C11H11F2NO3. The quantitative estimate of drug-likeness (QED) is 0.651. The van der Waals surface area contributed by atoms with Gasteiger partial charge in [0.05, 0.1) is 11.0 Å². The van der Waals surface area contributed by atoms with Gasteiger partial charge in [-0.15, -0.1) is 0 Å². The van der Waals surface area contributed by atoms with Gasteiger partial charge in [0.2, 0.25) is 5.82 Å². The molecule has 1 aromatic rings. The monoisotopic (exact) mass is 243 g/mol. The molecule has 6 heteroatoms. The number of aliphatic hydroxyl groups is 1. The molecule has 2 rings (SSSR count). The Bertz CT molecular complexity index is 472. The fourth-order valence-electron chi connectivity index (χ4n) is 1.82. The maximum Gasteiger partial charge on any atom is 0.307 e. The smallest absolute Gasteiger partial charge is 0.307 e. The summed E-state index contributed by atoms with van der Waals surface area (Å²) in [7, 11) is 0. The van der Waals surface area contributed by atoms with Gasteiger partial charge < -0.3 is 5.11 Å². The lowest BCUT2D eigenvalue weighted by molar-refractivity contribution is -0.387. The number of nitro groups is 1. The van der Waals surface area contributed by atoms with Gasteiger partial charge in [-0.2, -0.15) is 4.39 Å². The highest BCUT2D eigenvalue weighted by molar-refractivity contribution is 5.37. The van der Waals surface area contributed by atoms with Crippen molar-refractivity contribution in [3.05, 3.63) is 39.4 Å². The van der Waals surface area contributed by atoms with Crippen LogP contribution in [0.15, 0.2) is 12.1 Å². The van der Waals surface area contributed by atoms with Crippen molar-refractivity contribution in [3.8, 4) is 0 Å². The summed E-state index contributed by atoms with van der Waals surface area (Å²) in [6.07, 6.45) is 1.74. The molecule has 1 saturated carbocycles. The van der Waals surface area contributed by atoms with Crippen molar-refractivity contribution in [2.45, 2.75) is 19.3 Å². The molecular weight excluding hydrogens is 232 g/mol. The van der Waals surface area contributed by atoms with Crippen molar-refractivity contribution < 1.29 is 18.8 Å². The second-order valence-corrected chi connectivity index (χ2v) is 4.49. The summed E-state index contributed by atoms with van der Waals surface area (Å²) < 4.78 is 26.8. The minimum absolute atomic E-state index is 0.0783. The third-order valence-corrected chi connectivity index (χ3v) is 3.17. The van der Waals surface area contributed by atoms with E-state index in [-0.39, 0.29) is 24.0 Å². The van der Waals surface area contributed by atoms with E-state index in [1.54, 1.807) is 0 Å². The Kier molecular flexibility index (Phi) is 2.82. The Labute approximate surface area is 96.0 Å². The number of aliphatic hydroxyl groups excluding tert-OH is 1. The van der Waals surface area contributed by atoms with Gasteiger partial charge in [-0.05, 0) is 36.3 Å². The molecule has 1 aromatic carbocycles. The molecule has 92 valence electrons. The Morgan fingerprint density at radius 1 is 1.35 bits per heavy atom. The van der Waals surface area contributed by atoms with Gasteiger partial charge in [-0.3, -0.25) is 10.1 Å². The molecule has 0 spiro atoms. The Balaban J connectivity index is 2.30. The highest BCUT2D eigenvalue weighted by Crippen LogP contribution is 2.48. The molecule has 0 heterocycles. The standard InChI is InChI=1S/C11H11F2NO3/c12-8-4-10(14(16)17)9(13)3-7(8)5-11(6-15)1-2-11/h3-4,15H,1-2,5-6H2. The number of hydrogen-bond acceptors (Lipinski definition) is 3. The number of hydrogen-bond donors (Lipinski definition) is 1. The summed E-state index contributed by atoms with van der Waals surface area (Å²) in [5.74, 6) is -1.84. The van der Waals surface area contributed by atoms with E-state index in [2.05, 4.69) is 0 Å². The lowest BCUT2D eigenvalue weighted by Crippen LogP contribution is -2.12. The van der Waals surface area contributed by atoms with Crippen molar-refractivity contribution in [1.29, 1.82) is 0 Å². The molecule has 0 amide bonds. The molecule has 0 bridgehead atoms. The first-order chi connectivity index (χ1) is 7.97. The van der Waals surface area contributed by atoms with E-state index in [9.17, 15) is 18.9 Å². The minimum Gasteiger partial charge on any atom is -0.396 e. The lowest BCUT2D eigenvalue weighted by Gasteiger charge is -2.12. The van der Waals surface area contributed by atoms with Gasteiger partial charge in [0.25, 0.3) is 0 Å². The lowest BCUT2D eigenvalue weighted by atomic mass is 9.96. The van der Waals surface area contributed by atoms with Crippen LogP contribution in [0.5, 0.6) is 0 Å². The van der Waals surface area contributed by atoms with Gasteiger partial charge >= 0.3 is 5.69 Å². The SMILES string of the molecule is O=[N+]([O-])c1cc(F)c(CC2(CO)CC2)cc1F. The fourth-order valence-corrected chi connectivity index (χ4v) is 1.82. The van der Waals surface area contributed by atoms with Crippen LogP contribution in [0.4, 0.5) is 14.5 Å². The maximum absolute atomic E-state index is 13.5. The zero-order chi connectivity index (χ0) is 12.6. The van der Waals surface area contributed by atoms with E-state index in [1.165, 1.54) is 0 Å². The number of nitro benzene ring substituents is 1. The third-order valence-electron chi connectivity index (χ3n) is 3.17. The molecule has 0 aromatic heterocycles. The second kappa shape index (κ2) is 4.03. The zero-order valence-electron chi connectivity index (χ0n) is 8.95. The van der Waals surface area contributed by atoms with E-state index in [0.717, 1.165) is 18.9 Å². The summed E-state index contributed by atoms with van der Waals surface area (Å²) in [6.45, 7) is -0.0783. The summed E-state index contributed by atoms with van der Waals surface area (Å²) >= 11 is 0. The van der Waals surface area contributed by atoms with Crippen molar-refractivity contribution in [1.82, 2.24) is 0 Å². The van der Waals surface area contributed by atoms with E-state index in [0.29, 0.717) is 6.07 Å². The van der Waals surface area contributed by atoms with Gasteiger partial charge in [0.1, 0.15) is 5.82 Å². The van der Waals surface area contributed by atoms with E-state index >= 15 is 0 Å². The van der Waals surface area contributed by atoms with Crippen molar-refractivity contribution >= 4 is 5.69 Å². The first-order valence-electron chi connectivity index (χ1n) is 5.21. The molecule has 0 aliphatic heterocycles.